The van der Waals surface area contributed by atoms with Crippen LogP contribution >= 0.6 is 11.6 Å². The molecule has 1 fully saturated rings. The van der Waals surface area contributed by atoms with Crippen molar-refractivity contribution >= 4 is 22.4 Å². The van der Waals surface area contributed by atoms with Crippen LogP contribution in [0.3, 0.4) is 0 Å². The maximum absolute atomic E-state index is 11.7. The van der Waals surface area contributed by atoms with Gasteiger partial charge in [0.2, 0.25) is 0 Å². The van der Waals surface area contributed by atoms with E-state index in [9.17, 15) is 4.21 Å². The van der Waals surface area contributed by atoms with Gasteiger partial charge in [-0.3, -0.25) is 4.21 Å². The lowest BCUT2D eigenvalue weighted by atomic mass is 10.5. The summed E-state index contributed by atoms with van der Waals surface area (Å²) in [6.45, 7) is 0. The van der Waals surface area contributed by atoms with E-state index >= 15 is 0 Å². The molecule has 0 N–H and O–H groups in total. The number of nitrogens with zero attached hydrogens (tertiary/aromatic N) is 1. The Morgan fingerprint density at radius 3 is 3.00 bits per heavy atom. The molecular formula is C9H10ClNOS. The van der Waals surface area contributed by atoms with Crippen LogP contribution in [0.2, 0.25) is 5.02 Å². The summed E-state index contributed by atoms with van der Waals surface area (Å²) in [5.41, 5.74) is 0. The lowest BCUT2D eigenvalue weighted by Gasteiger charge is -2.01. The molecule has 1 aromatic heterocycles. The standard InChI is InChI=1S/C9H10ClNOS/c10-8-2-1-5-11-9(8)13(12)6-7-3-4-7/h1-2,5,7H,3-4,6H2. The van der Waals surface area contributed by atoms with Gasteiger partial charge in [-0.15, -0.1) is 0 Å². The van der Waals surface area contributed by atoms with Crippen molar-refractivity contribution in [3.63, 3.8) is 0 Å². The fourth-order valence-electron chi connectivity index (χ4n) is 1.12. The minimum absolute atomic E-state index is 0.515. The smallest absolute Gasteiger partial charge is 0.145 e. The van der Waals surface area contributed by atoms with Gasteiger partial charge in [-0.2, -0.15) is 0 Å². The first kappa shape index (κ1) is 9.16. The van der Waals surface area contributed by atoms with Crippen LogP contribution in [0.5, 0.6) is 0 Å². The molecule has 1 saturated carbocycles. The third-order valence-electron chi connectivity index (χ3n) is 2.02. The summed E-state index contributed by atoms with van der Waals surface area (Å²) < 4.78 is 11.7. The summed E-state index contributed by atoms with van der Waals surface area (Å²) in [5, 5.41) is 1.05. The Morgan fingerprint density at radius 2 is 2.38 bits per heavy atom. The molecule has 2 nitrogen and oxygen atoms in total. The molecule has 1 aliphatic carbocycles. The van der Waals surface area contributed by atoms with E-state index in [2.05, 4.69) is 4.98 Å². The SMILES string of the molecule is O=S(CC1CC1)c1ncccc1Cl. The third kappa shape index (κ3) is 2.29. The monoisotopic (exact) mass is 215 g/mol. The molecule has 1 heterocycles. The molecule has 0 aliphatic heterocycles. The maximum Gasteiger partial charge on any atom is 0.145 e. The van der Waals surface area contributed by atoms with Crippen molar-refractivity contribution in [2.75, 3.05) is 5.75 Å². The topological polar surface area (TPSA) is 30.0 Å². The van der Waals surface area contributed by atoms with Crippen LogP contribution in [0, 0.1) is 5.92 Å². The van der Waals surface area contributed by atoms with E-state index in [1.54, 1.807) is 18.3 Å². The summed E-state index contributed by atoms with van der Waals surface area (Å²) in [4.78, 5) is 4.03. The van der Waals surface area contributed by atoms with Gasteiger partial charge in [0.15, 0.2) is 0 Å². The molecule has 4 heteroatoms. The van der Waals surface area contributed by atoms with Crippen molar-refractivity contribution in [2.45, 2.75) is 17.9 Å². The molecule has 1 unspecified atom stereocenters. The highest BCUT2D eigenvalue weighted by molar-refractivity contribution is 7.85. The minimum atomic E-state index is -1.01. The van der Waals surface area contributed by atoms with E-state index in [0.717, 1.165) is 5.75 Å². The minimum Gasteiger partial charge on any atom is -0.253 e. The Kier molecular flexibility index (Phi) is 2.65. The summed E-state index contributed by atoms with van der Waals surface area (Å²) in [6, 6.07) is 3.48. The van der Waals surface area contributed by atoms with Gasteiger partial charge in [-0.05, 0) is 30.9 Å². The van der Waals surface area contributed by atoms with E-state index in [1.807, 2.05) is 0 Å². The number of hydrogen-bond donors (Lipinski definition) is 0. The van der Waals surface area contributed by atoms with Crippen LogP contribution in [0.15, 0.2) is 23.4 Å². The van der Waals surface area contributed by atoms with E-state index < -0.39 is 10.8 Å². The fraction of sp³-hybridized carbons (Fsp3) is 0.444. The maximum atomic E-state index is 11.7. The quantitative estimate of drug-likeness (QED) is 0.774. The highest BCUT2D eigenvalue weighted by Crippen LogP contribution is 2.31. The third-order valence-corrected chi connectivity index (χ3v) is 3.97. The molecule has 1 atom stereocenters. The summed E-state index contributed by atoms with van der Waals surface area (Å²) in [5.74, 6) is 1.36. The van der Waals surface area contributed by atoms with Gasteiger partial charge in [-0.25, -0.2) is 4.98 Å². The highest BCUT2D eigenvalue weighted by Gasteiger charge is 2.25. The normalized spacial score (nSPS) is 18.5. The summed E-state index contributed by atoms with van der Waals surface area (Å²) in [7, 11) is -1.01. The zero-order valence-corrected chi connectivity index (χ0v) is 8.64. The Morgan fingerprint density at radius 1 is 1.62 bits per heavy atom. The largest absolute Gasteiger partial charge is 0.253 e. The molecule has 0 radical (unpaired) electrons. The molecule has 1 aliphatic rings. The summed E-state index contributed by atoms with van der Waals surface area (Å²) in [6.07, 6.45) is 4.04. The number of hydrogen-bond acceptors (Lipinski definition) is 2. The number of aromatic nitrogens is 1. The average Bonchev–Trinajstić information content (AvgIpc) is 2.89. The predicted octanol–water partition coefficient (Wildman–Crippen LogP) is 2.25. The first-order valence-corrected chi connectivity index (χ1v) is 5.96. The van der Waals surface area contributed by atoms with Crippen molar-refractivity contribution in [2.24, 2.45) is 5.92 Å². The van der Waals surface area contributed by atoms with E-state index in [1.165, 1.54) is 12.8 Å². The first-order valence-electron chi connectivity index (χ1n) is 4.26. The molecule has 0 bridgehead atoms. The van der Waals surface area contributed by atoms with E-state index in [-0.39, 0.29) is 0 Å². The van der Waals surface area contributed by atoms with Crippen molar-refractivity contribution < 1.29 is 4.21 Å². The second-order valence-electron chi connectivity index (χ2n) is 3.25. The van der Waals surface area contributed by atoms with Gasteiger partial charge in [0.25, 0.3) is 0 Å². The zero-order chi connectivity index (χ0) is 9.26. The molecular weight excluding hydrogens is 206 g/mol. The van der Waals surface area contributed by atoms with Gasteiger partial charge < -0.3 is 0 Å². The lowest BCUT2D eigenvalue weighted by molar-refractivity contribution is 0.677. The van der Waals surface area contributed by atoms with Crippen LogP contribution in [0.1, 0.15) is 12.8 Å². The molecule has 0 amide bonds. The molecule has 0 spiro atoms. The van der Waals surface area contributed by atoms with E-state index in [0.29, 0.717) is 16.0 Å². The molecule has 0 aromatic carbocycles. The highest BCUT2D eigenvalue weighted by atomic mass is 35.5. The first-order chi connectivity index (χ1) is 6.27. The zero-order valence-electron chi connectivity index (χ0n) is 7.07. The number of rotatable bonds is 3. The van der Waals surface area contributed by atoms with Gasteiger partial charge >= 0.3 is 0 Å². The lowest BCUT2D eigenvalue weighted by Crippen LogP contribution is -2.02. The number of halogens is 1. The molecule has 70 valence electrons. The van der Waals surface area contributed by atoms with E-state index in [4.69, 9.17) is 11.6 Å². The average molecular weight is 216 g/mol. The Labute approximate surface area is 84.8 Å². The van der Waals surface area contributed by atoms with Crippen molar-refractivity contribution in [1.82, 2.24) is 4.98 Å². The van der Waals surface area contributed by atoms with Crippen molar-refractivity contribution in [3.8, 4) is 0 Å². The number of pyridine rings is 1. The van der Waals surface area contributed by atoms with Crippen LogP contribution in [-0.4, -0.2) is 14.9 Å². The van der Waals surface area contributed by atoms with Gasteiger partial charge in [0.1, 0.15) is 5.03 Å². The van der Waals surface area contributed by atoms with Crippen molar-refractivity contribution in [1.29, 1.82) is 0 Å². The Hall–Kier alpha value is -0.410. The van der Waals surface area contributed by atoms with Gasteiger partial charge in [-0.1, -0.05) is 11.6 Å². The summed E-state index contributed by atoms with van der Waals surface area (Å²) >= 11 is 5.87. The molecule has 13 heavy (non-hydrogen) atoms. The van der Waals surface area contributed by atoms with Crippen LogP contribution in [-0.2, 0) is 10.8 Å². The van der Waals surface area contributed by atoms with Gasteiger partial charge in [0, 0.05) is 11.9 Å². The second-order valence-corrected chi connectivity index (χ2v) is 5.06. The predicted molar refractivity (Wildman–Crippen MR) is 53.2 cm³/mol. The van der Waals surface area contributed by atoms with Crippen molar-refractivity contribution in [3.05, 3.63) is 23.4 Å². The Bertz CT molecular complexity index is 338. The fourth-order valence-corrected chi connectivity index (χ4v) is 2.88. The van der Waals surface area contributed by atoms with Crippen LogP contribution < -0.4 is 0 Å². The second kappa shape index (κ2) is 3.76. The molecule has 2 rings (SSSR count). The van der Waals surface area contributed by atoms with Crippen LogP contribution in [0.4, 0.5) is 0 Å². The Balaban J connectivity index is 2.13. The van der Waals surface area contributed by atoms with Gasteiger partial charge in [0.05, 0.1) is 15.8 Å². The van der Waals surface area contributed by atoms with Crippen LogP contribution in [0.25, 0.3) is 0 Å². The molecule has 0 saturated heterocycles. The molecule has 1 aromatic rings.